The van der Waals surface area contributed by atoms with E-state index in [1.165, 1.54) is 12.8 Å². The summed E-state index contributed by atoms with van der Waals surface area (Å²) in [5.41, 5.74) is 6.21. The number of nitrogens with two attached hydrogens (primary N) is 1. The summed E-state index contributed by atoms with van der Waals surface area (Å²) in [5.74, 6) is 0.816. The van der Waals surface area contributed by atoms with Gasteiger partial charge in [-0.25, -0.2) is 0 Å². The summed E-state index contributed by atoms with van der Waals surface area (Å²) in [7, 11) is 1.75. The second-order valence-electron chi connectivity index (χ2n) is 4.30. The lowest BCUT2D eigenvalue weighted by Crippen LogP contribution is -2.16. The smallest absolute Gasteiger partial charge is 0.0937 e. The van der Waals surface area contributed by atoms with E-state index >= 15 is 0 Å². The van der Waals surface area contributed by atoms with Gasteiger partial charge in [-0.1, -0.05) is 6.92 Å². The van der Waals surface area contributed by atoms with Crippen molar-refractivity contribution in [3.05, 3.63) is 0 Å². The van der Waals surface area contributed by atoms with Gasteiger partial charge in [-0.2, -0.15) is 0 Å². The fourth-order valence-corrected chi connectivity index (χ4v) is 1.59. The van der Waals surface area contributed by atoms with Gasteiger partial charge in [-0.15, -0.1) is 0 Å². The summed E-state index contributed by atoms with van der Waals surface area (Å²) in [6.45, 7) is 3.88. The highest BCUT2D eigenvalue weighted by molar-refractivity contribution is 5.80. The molecule has 0 heterocycles. The molecule has 3 nitrogen and oxygen atoms in total. The van der Waals surface area contributed by atoms with Crippen LogP contribution < -0.4 is 5.73 Å². The zero-order chi connectivity index (χ0) is 10.4. The molecule has 0 bridgehead atoms. The van der Waals surface area contributed by atoms with Crippen LogP contribution >= 0.6 is 0 Å². The van der Waals surface area contributed by atoms with Crippen LogP contribution in [-0.2, 0) is 4.74 Å². The topological polar surface area (TPSA) is 47.6 Å². The van der Waals surface area contributed by atoms with Gasteiger partial charge in [0.25, 0.3) is 0 Å². The number of methoxy groups -OCH3 is 1. The molecule has 3 heteroatoms. The number of ether oxygens (including phenoxy) is 1. The molecule has 0 amide bonds. The van der Waals surface area contributed by atoms with Crippen LogP contribution in [0.5, 0.6) is 0 Å². The molecule has 1 saturated carbocycles. The molecule has 0 saturated heterocycles. The predicted octanol–water partition coefficient (Wildman–Crippen LogP) is 1.96. The Hall–Kier alpha value is -0.570. The molecule has 0 spiro atoms. The van der Waals surface area contributed by atoms with Gasteiger partial charge in [0.2, 0.25) is 0 Å². The molecule has 1 fully saturated rings. The fourth-order valence-electron chi connectivity index (χ4n) is 1.59. The van der Waals surface area contributed by atoms with E-state index in [1.54, 1.807) is 7.11 Å². The SMILES string of the molecule is CCCC(N)=NCC1(CCOC)CC1. The maximum Gasteiger partial charge on any atom is 0.0937 e. The lowest BCUT2D eigenvalue weighted by molar-refractivity contribution is 0.174. The first-order valence-electron chi connectivity index (χ1n) is 5.50. The van der Waals surface area contributed by atoms with Crippen molar-refractivity contribution in [2.75, 3.05) is 20.3 Å². The van der Waals surface area contributed by atoms with E-state index in [2.05, 4.69) is 11.9 Å². The Kier molecular flexibility index (Phi) is 4.39. The highest BCUT2D eigenvalue weighted by atomic mass is 16.5. The van der Waals surface area contributed by atoms with Crippen molar-refractivity contribution in [2.24, 2.45) is 16.1 Å². The van der Waals surface area contributed by atoms with Gasteiger partial charge < -0.3 is 10.5 Å². The average molecular weight is 198 g/mol. The first kappa shape index (κ1) is 11.5. The minimum atomic E-state index is 0.439. The third-order valence-corrected chi connectivity index (χ3v) is 2.92. The summed E-state index contributed by atoms with van der Waals surface area (Å²) in [5, 5.41) is 0. The van der Waals surface area contributed by atoms with Crippen LogP contribution in [0.2, 0.25) is 0 Å². The molecule has 0 aromatic heterocycles. The van der Waals surface area contributed by atoms with Gasteiger partial charge in [0, 0.05) is 26.7 Å². The van der Waals surface area contributed by atoms with Crippen molar-refractivity contribution in [1.29, 1.82) is 0 Å². The van der Waals surface area contributed by atoms with Gasteiger partial charge in [-0.05, 0) is 31.1 Å². The van der Waals surface area contributed by atoms with Crippen LogP contribution in [-0.4, -0.2) is 26.1 Å². The molecular formula is C11H22N2O. The van der Waals surface area contributed by atoms with Crippen LogP contribution in [0.25, 0.3) is 0 Å². The maximum atomic E-state index is 5.77. The fraction of sp³-hybridized carbons (Fsp3) is 0.909. The molecular weight excluding hydrogens is 176 g/mol. The molecule has 0 atom stereocenters. The molecule has 2 N–H and O–H groups in total. The molecule has 1 rings (SSSR count). The normalized spacial score (nSPS) is 19.7. The van der Waals surface area contributed by atoms with Crippen molar-refractivity contribution in [3.63, 3.8) is 0 Å². The number of amidine groups is 1. The summed E-state index contributed by atoms with van der Waals surface area (Å²) in [6, 6.07) is 0. The highest BCUT2D eigenvalue weighted by Crippen LogP contribution is 2.48. The lowest BCUT2D eigenvalue weighted by Gasteiger charge is -2.11. The van der Waals surface area contributed by atoms with Gasteiger partial charge in [-0.3, -0.25) is 4.99 Å². The van der Waals surface area contributed by atoms with Gasteiger partial charge >= 0.3 is 0 Å². The van der Waals surface area contributed by atoms with Crippen molar-refractivity contribution in [1.82, 2.24) is 0 Å². The molecule has 1 aliphatic carbocycles. The molecule has 0 unspecified atom stereocenters. The van der Waals surface area contributed by atoms with Crippen LogP contribution in [0.15, 0.2) is 4.99 Å². The third kappa shape index (κ3) is 3.66. The second kappa shape index (κ2) is 5.35. The molecule has 14 heavy (non-hydrogen) atoms. The van der Waals surface area contributed by atoms with E-state index in [1.807, 2.05) is 0 Å². The maximum absolute atomic E-state index is 5.77. The minimum Gasteiger partial charge on any atom is -0.387 e. The Labute approximate surface area is 86.7 Å². The molecule has 0 aromatic rings. The van der Waals surface area contributed by atoms with E-state index in [9.17, 15) is 0 Å². The summed E-state index contributed by atoms with van der Waals surface area (Å²) < 4.78 is 5.09. The van der Waals surface area contributed by atoms with Crippen LogP contribution in [0, 0.1) is 5.41 Å². The largest absolute Gasteiger partial charge is 0.387 e. The van der Waals surface area contributed by atoms with E-state index in [-0.39, 0.29) is 0 Å². The number of aliphatic imine (C=N–C) groups is 1. The highest BCUT2D eigenvalue weighted by Gasteiger charge is 2.41. The van der Waals surface area contributed by atoms with Gasteiger partial charge in [0.05, 0.1) is 5.84 Å². The number of rotatable bonds is 7. The second-order valence-corrected chi connectivity index (χ2v) is 4.30. The monoisotopic (exact) mass is 198 g/mol. The molecule has 1 aliphatic rings. The Morgan fingerprint density at radius 2 is 2.21 bits per heavy atom. The van der Waals surface area contributed by atoms with Crippen LogP contribution in [0.3, 0.4) is 0 Å². The lowest BCUT2D eigenvalue weighted by atomic mass is 10.0. The van der Waals surface area contributed by atoms with Crippen molar-refractivity contribution in [3.8, 4) is 0 Å². The Balaban J connectivity index is 2.25. The Morgan fingerprint density at radius 1 is 1.50 bits per heavy atom. The summed E-state index contributed by atoms with van der Waals surface area (Å²) in [4.78, 5) is 4.44. The minimum absolute atomic E-state index is 0.439. The van der Waals surface area contributed by atoms with E-state index < -0.39 is 0 Å². The number of hydrogen-bond acceptors (Lipinski definition) is 2. The molecule has 0 aromatic carbocycles. The van der Waals surface area contributed by atoms with E-state index in [4.69, 9.17) is 10.5 Å². The zero-order valence-corrected chi connectivity index (χ0v) is 9.38. The van der Waals surface area contributed by atoms with Crippen LogP contribution in [0.1, 0.15) is 39.0 Å². The standard InChI is InChI=1S/C11H22N2O/c1-3-4-10(12)13-9-11(5-6-11)7-8-14-2/h3-9H2,1-2H3,(H2,12,13). The Bertz CT molecular complexity index is 197. The van der Waals surface area contributed by atoms with Crippen molar-refractivity contribution >= 4 is 5.84 Å². The van der Waals surface area contributed by atoms with Crippen LogP contribution in [0.4, 0.5) is 0 Å². The zero-order valence-electron chi connectivity index (χ0n) is 9.38. The van der Waals surface area contributed by atoms with Crippen molar-refractivity contribution < 1.29 is 4.74 Å². The molecule has 0 aliphatic heterocycles. The summed E-state index contributed by atoms with van der Waals surface area (Å²) in [6.07, 6.45) is 5.73. The summed E-state index contributed by atoms with van der Waals surface area (Å²) >= 11 is 0. The van der Waals surface area contributed by atoms with Crippen molar-refractivity contribution in [2.45, 2.75) is 39.0 Å². The first-order chi connectivity index (χ1) is 6.72. The van der Waals surface area contributed by atoms with Gasteiger partial charge in [0.15, 0.2) is 0 Å². The van der Waals surface area contributed by atoms with Gasteiger partial charge in [0.1, 0.15) is 0 Å². The quantitative estimate of drug-likeness (QED) is 0.502. The third-order valence-electron chi connectivity index (χ3n) is 2.92. The van der Waals surface area contributed by atoms with E-state index in [0.717, 1.165) is 38.2 Å². The van der Waals surface area contributed by atoms with E-state index in [0.29, 0.717) is 5.41 Å². The average Bonchev–Trinajstić information content (AvgIpc) is 2.93. The number of nitrogens with zero attached hydrogens (tertiary/aromatic N) is 1. The molecule has 0 radical (unpaired) electrons. The molecule has 82 valence electrons. The first-order valence-corrected chi connectivity index (χ1v) is 5.50. The predicted molar refractivity (Wildman–Crippen MR) is 59.6 cm³/mol. The number of hydrogen-bond donors (Lipinski definition) is 1. The Morgan fingerprint density at radius 3 is 2.71 bits per heavy atom.